The van der Waals surface area contributed by atoms with Gasteiger partial charge in [0.1, 0.15) is 5.60 Å². The molecule has 1 aliphatic carbocycles. The smallest absolute Gasteiger partial charge is 0.408 e. The molecule has 2 atom stereocenters. The van der Waals surface area contributed by atoms with Crippen molar-refractivity contribution in [2.75, 3.05) is 4.90 Å². The van der Waals surface area contributed by atoms with Gasteiger partial charge in [0.2, 0.25) is 5.91 Å². The minimum Gasteiger partial charge on any atom is -0.444 e. The number of carbonyl (C=O) groups excluding carboxylic acids is 3. The largest absolute Gasteiger partial charge is 0.444 e. The first kappa shape index (κ1) is 44.4. The highest BCUT2D eigenvalue weighted by atomic mass is 79.9. The molecule has 0 bridgehead atoms. The maximum atomic E-state index is 12.7. The number of rotatable bonds is 6. The monoisotopic (exact) mass is 824 g/mol. The van der Waals surface area contributed by atoms with Crippen LogP contribution in [-0.2, 0) is 46.7 Å². The second-order valence-electron chi connectivity index (χ2n) is 17.7. The minimum atomic E-state index is -0.556. The van der Waals surface area contributed by atoms with E-state index in [1.54, 1.807) is 20.8 Å². The molecule has 8 nitrogen and oxygen atoms in total. The molecular formula is C47H61BrN4O4. The van der Waals surface area contributed by atoms with Crippen molar-refractivity contribution in [3.8, 4) is 0 Å². The van der Waals surface area contributed by atoms with Gasteiger partial charge in [-0.1, -0.05) is 89.6 Å². The van der Waals surface area contributed by atoms with Crippen molar-refractivity contribution in [3.63, 3.8) is 0 Å². The zero-order valence-electron chi connectivity index (χ0n) is 34.9. The van der Waals surface area contributed by atoms with Gasteiger partial charge in [-0.25, -0.2) is 4.79 Å². The summed E-state index contributed by atoms with van der Waals surface area (Å²) in [7, 11) is 0. The highest BCUT2D eigenvalue weighted by Crippen LogP contribution is 2.36. The maximum Gasteiger partial charge on any atom is 0.408 e. The highest BCUT2D eigenvalue weighted by Gasteiger charge is 2.31. The number of para-hydroxylation sites is 1. The molecule has 0 radical (unpaired) electrons. The summed E-state index contributed by atoms with van der Waals surface area (Å²) in [6.07, 6.45) is 1.19. The number of carbonyl (C=O) groups is 3. The van der Waals surface area contributed by atoms with Gasteiger partial charge in [-0.3, -0.25) is 14.5 Å². The Morgan fingerprint density at radius 2 is 1.20 bits per heavy atom. The molecule has 56 heavy (non-hydrogen) atoms. The summed E-state index contributed by atoms with van der Waals surface area (Å²) < 4.78 is 6.31. The van der Waals surface area contributed by atoms with Crippen LogP contribution < -0.4 is 20.9 Å². The van der Waals surface area contributed by atoms with Crippen molar-refractivity contribution in [2.45, 2.75) is 124 Å². The van der Waals surface area contributed by atoms with Gasteiger partial charge in [-0.15, -0.1) is 0 Å². The number of ketones is 1. The first-order valence-corrected chi connectivity index (χ1v) is 20.3. The molecule has 6 rings (SSSR count). The Morgan fingerprint density at radius 1 is 0.696 bits per heavy atom. The lowest BCUT2D eigenvalue weighted by Gasteiger charge is -2.33. The van der Waals surface area contributed by atoms with E-state index >= 15 is 0 Å². The molecule has 1 heterocycles. The Labute approximate surface area is 343 Å². The molecule has 0 saturated heterocycles. The second-order valence-corrected chi connectivity index (χ2v) is 18.6. The summed E-state index contributed by atoms with van der Waals surface area (Å²) in [6.45, 7) is 22.1. The van der Waals surface area contributed by atoms with Gasteiger partial charge in [0.05, 0.1) is 11.7 Å². The lowest BCUT2D eigenvalue weighted by molar-refractivity contribution is -0.122. The van der Waals surface area contributed by atoms with Gasteiger partial charge in [0.25, 0.3) is 0 Å². The molecule has 0 fully saturated rings. The van der Waals surface area contributed by atoms with Crippen LogP contribution in [0.5, 0.6) is 0 Å². The number of anilines is 2. The Kier molecular flexibility index (Phi) is 15.2. The lowest BCUT2D eigenvalue weighted by atomic mass is 9.87. The standard InChI is InChI=1S/C21H26N2O.C15H19NO3.C11H16BrN/c1-15-13-17-7-5-6-8-19(17)23(20(15)24)18-11-9-16(10-12-18)14-22-21(2,3)4;1-15(2,3)19-14(18)16-12-8-10-6-4-5-7-11(10)9-13(12)17;1-11(2,3)13-8-9-4-6-10(12)7-5-9/h5-12,15,22H,13-14H2,1-4H3;4-7,12H,8-9H2,1-3H3,(H,16,18);4-7,13H,8H2,1-3H3. The van der Waals surface area contributed by atoms with Gasteiger partial charge < -0.3 is 20.7 Å². The molecule has 9 heteroatoms. The van der Waals surface area contributed by atoms with Crippen molar-refractivity contribution in [1.29, 1.82) is 0 Å². The van der Waals surface area contributed by atoms with Gasteiger partial charge in [0, 0.05) is 53.1 Å². The fourth-order valence-corrected chi connectivity index (χ4v) is 6.44. The van der Waals surface area contributed by atoms with Crippen LogP contribution in [0.15, 0.2) is 102 Å². The van der Waals surface area contributed by atoms with E-state index in [1.165, 1.54) is 16.7 Å². The third kappa shape index (κ3) is 14.3. The normalized spacial score (nSPS) is 16.7. The summed E-state index contributed by atoms with van der Waals surface area (Å²) in [5.74, 6) is 0.223. The number of nitrogens with zero attached hydrogens (tertiary/aromatic N) is 1. The molecule has 0 saturated carbocycles. The number of nitrogens with one attached hydrogen (secondary N) is 3. The molecule has 0 aromatic heterocycles. The number of hydrogen-bond acceptors (Lipinski definition) is 6. The number of fused-ring (bicyclic) bond motifs is 2. The minimum absolute atomic E-state index is 0.0159. The summed E-state index contributed by atoms with van der Waals surface area (Å²) in [5.41, 5.74) is 7.63. The SMILES string of the molecule is CC(C)(C)NCc1ccc(Br)cc1.CC(C)(C)OC(=O)NC1Cc2ccccc2CC1=O.CC1Cc2ccccc2N(c2ccc(CNC(C)(C)C)cc2)C1=O. The molecule has 300 valence electrons. The number of benzene rings is 4. The van der Waals surface area contributed by atoms with Crippen LogP contribution in [0, 0.1) is 5.92 Å². The van der Waals surface area contributed by atoms with E-state index < -0.39 is 17.7 Å². The Balaban J connectivity index is 0.000000195. The van der Waals surface area contributed by atoms with Gasteiger partial charge in [-0.2, -0.15) is 0 Å². The van der Waals surface area contributed by atoms with E-state index in [2.05, 4.69) is 116 Å². The summed E-state index contributed by atoms with van der Waals surface area (Å²) in [6, 6.07) is 32.2. The molecular weight excluding hydrogens is 764 g/mol. The van der Waals surface area contributed by atoms with Gasteiger partial charge >= 0.3 is 6.09 Å². The van der Waals surface area contributed by atoms with Crippen LogP contribution >= 0.6 is 15.9 Å². The van der Waals surface area contributed by atoms with Crippen molar-refractivity contribution < 1.29 is 19.1 Å². The van der Waals surface area contributed by atoms with Crippen molar-refractivity contribution in [1.82, 2.24) is 16.0 Å². The molecule has 2 amide bonds. The van der Waals surface area contributed by atoms with E-state index in [9.17, 15) is 14.4 Å². The fraction of sp³-hybridized carbons (Fsp3) is 0.426. The number of hydrogen-bond donors (Lipinski definition) is 3. The summed E-state index contributed by atoms with van der Waals surface area (Å²) >= 11 is 3.42. The van der Waals surface area contributed by atoms with Gasteiger partial charge in [0.15, 0.2) is 5.78 Å². The average molecular weight is 826 g/mol. The first-order valence-electron chi connectivity index (χ1n) is 19.5. The zero-order chi connectivity index (χ0) is 41.3. The molecule has 4 aromatic carbocycles. The van der Waals surface area contributed by atoms with Crippen molar-refractivity contribution in [3.05, 3.63) is 129 Å². The van der Waals surface area contributed by atoms with Crippen LogP contribution in [0.3, 0.4) is 0 Å². The van der Waals surface area contributed by atoms with Crippen LogP contribution in [-0.4, -0.2) is 40.5 Å². The molecule has 1 aliphatic heterocycles. The number of alkyl carbamates (subject to hydrolysis) is 1. The Hall–Kier alpha value is -4.31. The van der Waals surface area contributed by atoms with Crippen LogP contribution in [0.1, 0.15) is 97.1 Å². The van der Waals surface area contributed by atoms with Crippen LogP contribution in [0.2, 0.25) is 0 Å². The maximum absolute atomic E-state index is 12.7. The van der Waals surface area contributed by atoms with Crippen LogP contribution in [0.25, 0.3) is 0 Å². The highest BCUT2D eigenvalue weighted by molar-refractivity contribution is 9.10. The van der Waals surface area contributed by atoms with E-state index in [1.807, 2.05) is 66.4 Å². The average Bonchev–Trinajstić information content (AvgIpc) is 3.11. The predicted molar refractivity (Wildman–Crippen MR) is 232 cm³/mol. The molecule has 2 aliphatic rings. The number of amides is 2. The number of Topliss-reactive ketones (excluding diaryl/α,β-unsaturated/α-hetero) is 1. The summed E-state index contributed by atoms with van der Waals surface area (Å²) in [4.78, 5) is 38.3. The quantitative estimate of drug-likeness (QED) is 0.179. The topological polar surface area (TPSA) is 99.8 Å². The predicted octanol–water partition coefficient (Wildman–Crippen LogP) is 10.0. The van der Waals surface area contributed by atoms with Crippen molar-refractivity contribution in [2.24, 2.45) is 5.92 Å². The molecule has 0 spiro atoms. The van der Waals surface area contributed by atoms with Crippen molar-refractivity contribution >= 4 is 45.1 Å². The molecule has 4 aromatic rings. The van der Waals surface area contributed by atoms with E-state index in [0.717, 1.165) is 46.5 Å². The summed E-state index contributed by atoms with van der Waals surface area (Å²) in [5, 5.41) is 9.59. The first-order chi connectivity index (χ1) is 26.2. The van der Waals surface area contributed by atoms with Gasteiger partial charge in [-0.05, 0) is 127 Å². The third-order valence-corrected chi connectivity index (χ3v) is 9.67. The Morgan fingerprint density at radius 3 is 1.73 bits per heavy atom. The van der Waals surface area contributed by atoms with E-state index in [4.69, 9.17) is 4.74 Å². The Bertz CT molecular complexity index is 1920. The fourth-order valence-electron chi connectivity index (χ4n) is 6.18. The van der Waals surface area contributed by atoms with E-state index in [-0.39, 0.29) is 28.7 Å². The molecule has 2 unspecified atom stereocenters. The number of ether oxygens (including phenoxy) is 1. The van der Waals surface area contributed by atoms with Crippen LogP contribution in [0.4, 0.5) is 16.2 Å². The van der Waals surface area contributed by atoms with E-state index in [0.29, 0.717) is 12.8 Å². The third-order valence-electron chi connectivity index (χ3n) is 9.14. The second kappa shape index (κ2) is 19.2. The molecule has 3 N–H and O–H groups in total. The zero-order valence-corrected chi connectivity index (χ0v) is 36.5. The number of halogens is 1. The lowest BCUT2D eigenvalue weighted by Crippen LogP contribution is -2.47.